The summed E-state index contributed by atoms with van der Waals surface area (Å²) in [5.74, 6) is -1.24. The Morgan fingerprint density at radius 3 is 2.35 bits per heavy atom. The molecule has 23 heavy (non-hydrogen) atoms. The van der Waals surface area contributed by atoms with E-state index in [0.29, 0.717) is 5.69 Å². The van der Waals surface area contributed by atoms with Crippen LogP contribution in [0.1, 0.15) is 12.5 Å². The highest BCUT2D eigenvalue weighted by atomic mass is 32.2. The van der Waals surface area contributed by atoms with Crippen molar-refractivity contribution in [3.05, 3.63) is 48.0 Å². The van der Waals surface area contributed by atoms with Gasteiger partial charge in [0.15, 0.2) is 0 Å². The Balaban J connectivity index is 2.32. The van der Waals surface area contributed by atoms with E-state index in [9.17, 15) is 13.2 Å². The molecule has 0 saturated heterocycles. The minimum atomic E-state index is -3.88. The fourth-order valence-electron chi connectivity index (χ4n) is 2.12. The average Bonchev–Trinajstić information content (AvgIpc) is 2.49. The largest absolute Gasteiger partial charge is 0.480 e. The molecule has 2 rings (SSSR count). The maximum atomic E-state index is 12.1. The number of rotatable bonds is 5. The quantitative estimate of drug-likeness (QED) is 0.725. The molecule has 0 aliphatic heterocycles. The summed E-state index contributed by atoms with van der Waals surface area (Å²) in [6.07, 6.45) is 0. The Hall–Kier alpha value is -2.38. The van der Waals surface area contributed by atoms with Crippen molar-refractivity contribution in [2.75, 3.05) is 5.73 Å². The first-order chi connectivity index (χ1) is 10.7. The third kappa shape index (κ3) is 3.88. The second-order valence-electron chi connectivity index (χ2n) is 5.28. The molecule has 0 aromatic heterocycles. The zero-order chi connectivity index (χ0) is 17.2. The van der Waals surface area contributed by atoms with E-state index in [2.05, 4.69) is 4.72 Å². The van der Waals surface area contributed by atoms with Gasteiger partial charge in [0.25, 0.3) is 0 Å². The van der Waals surface area contributed by atoms with Crippen molar-refractivity contribution in [3.8, 4) is 11.1 Å². The molecule has 1 atom stereocenters. The predicted octanol–water partition coefficient (Wildman–Crippen LogP) is 2.00. The number of hydrogen-bond acceptors (Lipinski definition) is 4. The zero-order valence-electron chi connectivity index (χ0n) is 12.8. The highest BCUT2D eigenvalue weighted by molar-refractivity contribution is 7.89. The van der Waals surface area contributed by atoms with Crippen molar-refractivity contribution >= 4 is 21.7 Å². The van der Waals surface area contributed by atoms with Crippen LogP contribution in [0, 0.1) is 6.92 Å². The van der Waals surface area contributed by atoms with Gasteiger partial charge >= 0.3 is 5.97 Å². The van der Waals surface area contributed by atoms with Gasteiger partial charge in [0, 0.05) is 5.69 Å². The standard InChI is InChI=1S/C16H18N2O4S/c1-10-3-6-13(17)9-15(10)12-4-7-14(8-5-12)23(21,22)18-11(2)16(19)20/h3-9,11,18H,17H2,1-2H3,(H,19,20). The monoisotopic (exact) mass is 334 g/mol. The first-order valence-electron chi connectivity index (χ1n) is 6.92. The van der Waals surface area contributed by atoms with Gasteiger partial charge in [-0.05, 0) is 54.8 Å². The highest BCUT2D eigenvalue weighted by Gasteiger charge is 2.21. The summed E-state index contributed by atoms with van der Waals surface area (Å²) >= 11 is 0. The van der Waals surface area contributed by atoms with Crippen LogP contribution in [0.5, 0.6) is 0 Å². The lowest BCUT2D eigenvalue weighted by Gasteiger charge is -2.11. The van der Waals surface area contributed by atoms with E-state index in [0.717, 1.165) is 16.7 Å². The number of anilines is 1. The van der Waals surface area contributed by atoms with Crippen LogP contribution in [-0.2, 0) is 14.8 Å². The van der Waals surface area contributed by atoms with Crippen LogP contribution < -0.4 is 10.5 Å². The van der Waals surface area contributed by atoms with Crippen molar-refractivity contribution in [2.24, 2.45) is 0 Å². The number of carbonyl (C=O) groups is 1. The number of nitrogen functional groups attached to an aromatic ring is 1. The smallest absolute Gasteiger partial charge is 0.321 e. The summed E-state index contributed by atoms with van der Waals surface area (Å²) in [7, 11) is -3.88. The summed E-state index contributed by atoms with van der Waals surface area (Å²) in [6, 6.07) is 10.5. The normalized spacial score (nSPS) is 12.8. The molecule has 2 aromatic carbocycles. The molecule has 0 amide bonds. The number of nitrogens with two attached hydrogens (primary N) is 1. The van der Waals surface area contributed by atoms with E-state index in [1.165, 1.54) is 19.1 Å². The Kier molecular flexibility index (Phi) is 4.72. The van der Waals surface area contributed by atoms with Crippen LogP contribution in [0.3, 0.4) is 0 Å². The number of aryl methyl sites for hydroxylation is 1. The van der Waals surface area contributed by atoms with Gasteiger partial charge < -0.3 is 10.8 Å². The van der Waals surface area contributed by atoms with Gasteiger partial charge in [-0.1, -0.05) is 18.2 Å². The lowest BCUT2D eigenvalue weighted by molar-refractivity contribution is -0.138. The van der Waals surface area contributed by atoms with Gasteiger partial charge in [-0.3, -0.25) is 4.79 Å². The molecule has 0 saturated carbocycles. The molecule has 122 valence electrons. The molecule has 0 aliphatic carbocycles. The molecular formula is C16H18N2O4S. The molecule has 1 unspecified atom stereocenters. The van der Waals surface area contributed by atoms with Crippen LogP contribution in [0.15, 0.2) is 47.4 Å². The summed E-state index contributed by atoms with van der Waals surface area (Å²) in [5.41, 5.74) is 9.18. The predicted molar refractivity (Wildman–Crippen MR) is 88.4 cm³/mol. The zero-order valence-corrected chi connectivity index (χ0v) is 13.6. The molecule has 7 heteroatoms. The number of carboxylic acids is 1. The molecule has 0 heterocycles. The van der Waals surface area contributed by atoms with E-state index >= 15 is 0 Å². The van der Waals surface area contributed by atoms with Gasteiger partial charge in [0.05, 0.1) is 4.90 Å². The van der Waals surface area contributed by atoms with Gasteiger partial charge in [-0.2, -0.15) is 4.72 Å². The van der Waals surface area contributed by atoms with Crippen molar-refractivity contribution in [3.63, 3.8) is 0 Å². The Bertz CT molecular complexity index is 830. The number of carboxylic acid groups (broad SMARTS) is 1. The maximum Gasteiger partial charge on any atom is 0.321 e. The molecule has 2 aromatic rings. The molecule has 0 aliphatic rings. The molecule has 0 radical (unpaired) electrons. The van der Waals surface area contributed by atoms with E-state index < -0.39 is 22.0 Å². The van der Waals surface area contributed by atoms with Crippen LogP contribution in [0.2, 0.25) is 0 Å². The summed E-state index contributed by atoms with van der Waals surface area (Å²) in [6.45, 7) is 3.21. The van der Waals surface area contributed by atoms with E-state index in [4.69, 9.17) is 10.8 Å². The lowest BCUT2D eigenvalue weighted by atomic mass is 10.0. The van der Waals surface area contributed by atoms with Gasteiger partial charge in [-0.25, -0.2) is 8.42 Å². The Morgan fingerprint density at radius 1 is 1.17 bits per heavy atom. The van der Waals surface area contributed by atoms with E-state index in [1.807, 2.05) is 19.1 Å². The van der Waals surface area contributed by atoms with Crippen molar-refractivity contribution in [1.29, 1.82) is 0 Å². The van der Waals surface area contributed by atoms with Gasteiger partial charge in [-0.15, -0.1) is 0 Å². The van der Waals surface area contributed by atoms with E-state index in [-0.39, 0.29) is 4.90 Å². The third-order valence-electron chi connectivity index (χ3n) is 3.44. The fourth-order valence-corrected chi connectivity index (χ4v) is 3.31. The van der Waals surface area contributed by atoms with E-state index in [1.54, 1.807) is 18.2 Å². The highest BCUT2D eigenvalue weighted by Crippen LogP contribution is 2.26. The number of benzene rings is 2. The van der Waals surface area contributed by atoms with Gasteiger partial charge in [0.1, 0.15) is 6.04 Å². The van der Waals surface area contributed by atoms with Crippen molar-refractivity contribution in [1.82, 2.24) is 4.72 Å². The molecule has 0 spiro atoms. The van der Waals surface area contributed by atoms with Gasteiger partial charge in [0.2, 0.25) is 10.0 Å². The molecule has 6 nitrogen and oxygen atoms in total. The summed E-state index contributed by atoms with van der Waals surface area (Å²) in [5, 5.41) is 8.80. The molecular weight excluding hydrogens is 316 g/mol. The van der Waals surface area contributed by atoms with Crippen molar-refractivity contribution < 1.29 is 18.3 Å². The molecule has 0 fully saturated rings. The first-order valence-corrected chi connectivity index (χ1v) is 8.41. The lowest BCUT2D eigenvalue weighted by Crippen LogP contribution is -2.38. The van der Waals surface area contributed by atoms with Crippen LogP contribution >= 0.6 is 0 Å². The average molecular weight is 334 g/mol. The number of hydrogen-bond donors (Lipinski definition) is 3. The topological polar surface area (TPSA) is 109 Å². The molecule has 0 bridgehead atoms. The third-order valence-corrected chi connectivity index (χ3v) is 5.00. The number of nitrogens with one attached hydrogen (secondary N) is 1. The van der Waals surface area contributed by atoms with Crippen molar-refractivity contribution in [2.45, 2.75) is 24.8 Å². The Morgan fingerprint density at radius 2 is 1.78 bits per heavy atom. The maximum absolute atomic E-state index is 12.1. The minimum Gasteiger partial charge on any atom is -0.480 e. The fraction of sp³-hybridized carbons (Fsp3) is 0.188. The molecule has 4 N–H and O–H groups in total. The second-order valence-corrected chi connectivity index (χ2v) is 6.99. The minimum absolute atomic E-state index is 0.0101. The van der Waals surface area contributed by atoms with Crippen LogP contribution in [-0.4, -0.2) is 25.5 Å². The second kappa shape index (κ2) is 6.39. The van der Waals surface area contributed by atoms with Crippen LogP contribution in [0.25, 0.3) is 11.1 Å². The number of sulfonamides is 1. The Labute approximate surface area is 135 Å². The summed E-state index contributed by atoms with van der Waals surface area (Å²) < 4.78 is 26.3. The SMILES string of the molecule is Cc1ccc(N)cc1-c1ccc(S(=O)(=O)NC(C)C(=O)O)cc1. The van der Waals surface area contributed by atoms with Crippen LogP contribution in [0.4, 0.5) is 5.69 Å². The number of aliphatic carboxylic acids is 1. The summed E-state index contributed by atoms with van der Waals surface area (Å²) in [4.78, 5) is 10.8. The first kappa shape index (κ1) is 17.0.